The molecule has 2 aromatic carbocycles. The lowest BCUT2D eigenvalue weighted by atomic mass is 9.80. The van der Waals surface area contributed by atoms with Gasteiger partial charge in [0.2, 0.25) is 0 Å². The van der Waals surface area contributed by atoms with Crippen LogP contribution in [0.4, 0.5) is 0 Å². The smallest absolute Gasteiger partial charge is 0.416 e. The van der Waals surface area contributed by atoms with Gasteiger partial charge in [-0.15, -0.1) is 0 Å². The maximum atomic E-state index is 12.6. The molecule has 0 saturated carbocycles. The predicted molar refractivity (Wildman–Crippen MR) is 101 cm³/mol. The Morgan fingerprint density at radius 2 is 1.44 bits per heavy atom. The lowest BCUT2D eigenvalue weighted by Crippen LogP contribution is -2.09. The van der Waals surface area contributed by atoms with Crippen LogP contribution in [0.5, 0.6) is 5.75 Å². The number of rotatable bonds is 0. The molecule has 0 bridgehead atoms. The van der Waals surface area contributed by atoms with Crippen molar-refractivity contribution in [1.82, 2.24) is 0 Å². The summed E-state index contributed by atoms with van der Waals surface area (Å²) in [6.07, 6.45) is 9.11. The zero-order valence-corrected chi connectivity index (χ0v) is 15.8. The molecule has 130 valence electrons. The van der Waals surface area contributed by atoms with E-state index < -0.39 is 6.80 Å². The minimum atomic E-state index is -3.75. The fraction of sp³-hybridized carbons (Fsp3) is 0.400. The van der Waals surface area contributed by atoms with E-state index in [4.69, 9.17) is 4.52 Å². The van der Waals surface area contributed by atoms with E-state index in [2.05, 4.69) is 12.1 Å². The molecule has 2 aliphatic carbocycles. The van der Waals surface area contributed by atoms with E-state index in [0.717, 1.165) is 47.5 Å². The lowest BCUT2D eigenvalue weighted by molar-refractivity contribution is 0.403. The van der Waals surface area contributed by atoms with Crippen molar-refractivity contribution in [3.05, 3.63) is 46.5 Å². The van der Waals surface area contributed by atoms with Gasteiger partial charge in [-0.1, -0.05) is 12.1 Å². The summed E-state index contributed by atoms with van der Waals surface area (Å²) in [5.74, 6) is 0.594. The van der Waals surface area contributed by atoms with Gasteiger partial charge in [0, 0.05) is 27.4 Å². The molecule has 1 N–H and O–H groups in total. The minimum Gasteiger partial charge on any atom is -0.416 e. The van der Waals surface area contributed by atoms with E-state index in [1.54, 1.807) is 0 Å². The first kappa shape index (κ1) is 16.0. The minimum absolute atomic E-state index is 0.594. The van der Waals surface area contributed by atoms with Crippen molar-refractivity contribution in [3.63, 3.8) is 0 Å². The summed E-state index contributed by atoms with van der Waals surface area (Å²) >= 11 is 1.00. The molecule has 5 rings (SSSR count). The quantitative estimate of drug-likeness (QED) is 0.603. The molecule has 1 heterocycles. The first-order valence-electron chi connectivity index (χ1n) is 9.14. The molecular weight excluding hydrogens is 351 g/mol. The van der Waals surface area contributed by atoms with Crippen molar-refractivity contribution >= 4 is 18.2 Å². The Hall–Kier alpha value is -1.22. The standard InChI is InChI=1S/C20H21O3PS/c21-24(22)23-17-11-9-13-5-1-3-7-15(13)19(17)20-16-8-4-2-6-14(16)10-12-18(20)25-24/h9-12H,1-8H2,(H,21,22). The first-order chi connectivity index (χ1) is 12.1. The van der Waals surface area contributed by atoms with E-state index in [0.29, 0.717) is 5.75 Å². The van der Waals surface area contributed by atoms with Crippen LogP contribution in [0.1, 0.15) is 47.9 Å². The van der Waals surface area contributed by atoms with Crippen molar-refractivity contribution in [2.45, 2.75) is 56.3 Å². The molecule has 0 aromatic heterocycles. The van der Waals surface area contributed by atoms with Crippen LogP contribution in [0.15, 0.2) is 29.2 Å². The van der Waals surface area contributed by atoms with Crippen LogP contribution in [-0.4, -0.2) is 4.89 Å². The maximum Gasteiger partial charge on any atom is 0.442 e. The van der Waals surface area contributed by atoms with Crippen molar-refractivity contribution < 1.29 is 14.0 Å². The van der Waals surface area contributed by atoms with Gasteiger partial charge in [0.25, 0.3) is 0 Å². The van der Waals surface area contributed by atoms with Crippen LogP contribution >= 0.6 is 18.2 Å². The third-order valence-corrected chi connectivity index (χ3v) is 8.37. The average molecular weight is 372 g/mol. The van der Waals surface area contributed by atoms with Gasteiger partial charge < -0.3 is 9.42 Å². The van der Waals surface area contributed by atoms with E-state index in [1.165, 1.54) is 53.5 Å². The lowest BCUT2D eigenvalue weighted by Gasteiger charge is -2.25. The van der Waals surface area contributed by atoms with Crippen molar-refractivity contribution in [2.24, 2.45) is 0 Å². The Bertz CT molecular complexity index is 850. The van der Waals surface area contributed by atoms with E-state index in [-0.39, 0.29) is 0 Å². The molecule has 0 radical (unpaired) electrons. The second-order valence-electron chi connectivity index (χ2n) is 7.22. The molecule has 5 heteroatoms. The van der Waals surface area contributed by atoms with Gasteiger partial charge in [0.15, 0.2) is 0 Å². The molecule has 0 fully saturated rings. The molecule has 0 saturated heterocycles. The van der Waals surface area contributed by atoms with Gasteiger partial charge in [-0.2, -0.15) is 0 Å². The number of hydrogen-bond donors (Lipinski definition) is 1. The summed E-state index contributed by atoms with van der Waals surface area (Å²) in [4.78, 5) is 11.3. The molecule has 1 atom stereocenters. The van der Waals surface area contributed by atoms with Crippen LogP contribution in [0.2, 0.25) is 0 Å². The van der Waals surface area contributed by atoms with Gasteiger partial charge in [-0.05, 0) is 85.8 Å². The fourth-order valence-electron chi connectivity index (χ4n) is 4.58. The van der Waals surface area contributed by atoms with E-state index in [1.807, 2.05) is 12.1 Å². The Balaban J connectivity index is 1.86. The van der Waals surface area contributed by atoms with Crippen LogP contribution in [-0.2, 0) is 30.2 Å². The van der Waals surface area contributed by atoms with Crippen LogP contribution in [0.3, 0.4) is 0 Å². The van der Waals surface area contributed by atoms with Gasteiger partial charge in [0.05, 0.1) is 0 Å². The first-order valence-corrected chi connectivity index (χ1v) is 12.1. The van der Waals surface area contributed by atoms with E-state index >= 15 is 0 Å². The van der Waals surface area contributed by atoms with Crippen molar-refractivity contribution in [2.75, 3.05) is 0 Å². The summed E-state index contributed by atoms with van der Waals surface area (Å²) in [5, 5.41) is 0. The van der Waals surface area contributed by atoms with Crippen LogP contribution in [0.25, 0.3) is 11.1 Å². The summed E-state index contributed by atoms with van der Waals surface area (Å²) in [6, 6.07) is 8.20. The topological polar surface area (TPSA) is 46.5 Å². The normalized spacial score (nSPS) is 24.2. The monoisotopic (exact) mass is 372 g/mol. The van der Waals surface area contributed by atoms with Gasteiger partial charge >= 0.3 is 6.80 Å². The molecule has 1 aliphatic heterocycles. The van der Waals surface area contributed by atoms with Crippen molar-refractivity contribution in [1.29, 1.82) is 0 Å². The second kappa shape index (κ2) is 5.90. The number of aryl methyl sites for hydroxylation is 2. The molecule has 3 aliphatic rings. The van der Waals surface area contributed by atoms with Crippen molar-refractivity contribution in [3.8, 4) is 16.9 Å². The predicted octanol–water partition coefficient (Wildman–Crippen LogP) is 5.70. The second-order valence-corrected chi connectivity index (χ2v) is 10.9. The van der Waals surface area contributed by atoms with E-state index in [9.17, 15) is 9.46 Å². The Morgan fingerprint density at radius 1 is 0.840 bits per heavy atom. The van der Waals surface area contributed by atoms with Crippen LogP contribution in [0, 0.1) is 0 Å². The zero-order valence-electron chi connectivity index (χ0n) is 14.1. The Morgan fingerprint density at radius 3 is 2.16 bits per heavy atom. The van der Waals surface area contributed by atoms with Gasteiger partial charge in [-0.25, -0.2) is 4.57 Å². The van der Waals surface area contributed by atoms with Gasteiger partial charge in [-0.3, -0.25) is 0 Å². The third kappa shape index (κ3) is 2.66. The Kier molecular flexibility index (Phi) is 3.78. The molecule has 2 aromatic rings. The highest BCUT2D eigenvalue weighted by Crippen LogP contribution is 2.65. The average Bonchev–Trinajstić information content (AvgIpc) is 2.73. The van der Waals surface area contributed by atoms with Crippen LogP contribution < -0.4 is 4.52 Å². The fourth-order valence-corrected chi connectivity index (χ4v) is 7.27. The number of benzene rings is 2. The molecule has 0 amide bonds. The Labute approximate surface area is 152 Å². The summed E-state index contributed by atoms with van der Waals surface area (Å²) in [7, 11) is 0. The number of fused-ring (bicyclic) bond motifs is 7. The zero-order chi connectivity index (χ0) is 17.0. The molecule has 25 heavy (non-hydrogen) atoms. The molecule has 0 spiro atoms. The highest BCUT2D eigenvalue weighted by molar-refractivity contribution is 8.55. The highest BCUT2D eigenvalue weighted by atomic mass is 32.7. The number of hydrogen-bond acceptors (Lipinski definition) is 3. The van der Waals surface area contributed by atoms with Gasteiger partial charge in [0.1, 0.15) is 5.75 Å². The summed E-state index contributed by atoms with van der Waals surface area (Å²) < 4.78 is 18.3. The largest absolute Gasteiger partial charge is 0.442 e. The third-order valence-electron chi connectivity index (χ3n) is 5.67. The molecular formula is C20H21O3PS. The molecule has 3 nitrogen and oxygen atoms in total. The molecule has 1 unspecified atom stereocenters. The SMILES string of the molecule is O=P1(O)Oc2ccc3c(c2-c2c(ccc4c2CCCC4)S1)CCCC3. The summed E-state index contributed by atoms with van der Waals surface area (Å²) in [6.45, 7) is -3.75. The highest BCUT2D eigenvalue weighted by Gasteiger charge is 2.35. The maximum absolute atomic E-state index is 12.6. The summed E-state index contributed by atoms with van der Waals surface area (Å²) in [5.41, 5.74) is 7.79.